The molecular weight excluding hydrogens is 305 g/mol. The van der Waals surface area contributed by atoms with E-state index in [0.717, 1.165) is 5.56 Å². The molecule has 3 nitrogen and oxygen atoms in total. The Kier molecular flexibility index (Phi) is 5.24. The summed E-state index contributed by atoms with van der Waals surface area (Å²) in [6, 6.07) is 11.9. The molecule has 0 amide bonds. The van der Waals surface area contributed by atoms with Gasteiger partial charge in [0.25, 0.3) is 0 Å². The van der Waals surface area contributed by atoms with Crippen LogP contribution < -0.4 is 9.47 Å². The predicted octanol–water partition coefficient (Wildman–Crippen LogP) is 4.35. The molecule has 0 fully saturated rings. The number of nitrogens with zero attached hydrogens (tertiary/aromatic N) is 1. The lowest BCUT2D eigenvalue weighted by Crippen LogP contribution is -2.04. The van der Waals surface area contributed by atoms with Crippen LogP contribution in [0.1, 0.15) is 17.0 Å². The van der Waals surface area contributed by atoms with E-state index in [4.69, 9.17) is 21.1 Å². The molecule has 114 valence electrons. The molecule has 5 heteroatoms. The molecule has 0 saturated carbocycles. The molecule has 0 aliphatic heterocycles. The van der Waals surface area contributed by atoms with E-state index < -0.39 is 11.7 Å². The van der Waals surface area contributed by atoms with Gasteiger partial charge in [-0.15, -0.1) is 0 Å². The molecule has 2 aromatic rings. The molecule has 0 aliphatic carbocycles. The molecule has 0 aromatic heterocycles. The van der Waals surface area contributed by atoms with E-state index in [-0.39, 0.29) is 6.42 Å². The Balaban J connectivity index is 2.35. The average Bonchev–Trinajstić information content (AvgIpc) is 2.54. The third-order valence-corrected chi connectivity index (χ3v) is 3.79. The van der Waals surface area contributed by atoms with Crippen LogP contribution in [0.3, 0.4) is 0 Å². The minimum atomic E-state index is -0.533. The van der Waals surface area contributed by atoms with Gasteiger partial charge in [-0.1, -0.05) is 23.7 Å². The maximum atomic E-state index is 13.9. The van der Waals surface area contributed by atoms with Crippen molar-refractivity contribution < 1.29 is 13.9 Å². The van der Waals surface area contributed by atoms with Crippen molar-refractivity contribution in [1.29, 1.82) is 5.26 Å². The second kappa shape index (κ2) is 7.15. The van der Waals surface area contributed by atoms with Gasteiger partial charge in [0.2, 0.25) is 0 Å². The van der Waals surface area contributed by atoms with Gasteiger partial charge in [-0.2, -0.15) is 5.26 Å². The fraction of sp³-hybridized carbons (Fsp3) is 0.235. The van der Waals surface area contributed by atoms with E-state index in [9.17, 15) is 9.65 Å². The molecule has 0 spiro atoms. The van der Waals surface area contributed by atoms with E-state index in [1.165, 1.54) is 13.2 Å². The zero-order valence-corrected chi connectivity index (χ0v) is 13.0. The van der Waals surface area contributed by atoms with Gasteiger partial charge in [-0.25, -0.2) is 4.39 Å². The van der Waals surface area contributed by atoms with Crippen LogP contribution in [-0.2, 0) is 6.42 Å². The quantitative estimate of drug-likeness (QED) is 0.823. The number of halogens is 2. The first-order chi connectivity index (χ1) is 10.6. The zero-order valence-electron chi connectivity index (χ0n) is 12.3. The molecule has 2 rings (SSSR count). The number of hydrogen-bond acceptors (Lipinski definition) is 3. The first-order valence-corrected chi connectivity index (χ1v) is 7.03. The van der Waals surface area contributed by atoms with Crippen LogP contribution in [0.5, 0.6) is 11.5 Å². The molecule has 22 heavy (non-hydrogen) atoms. The highest BCUT2D eigenvalue weighted by Gasteiger charge is 2.18. The van der Waals surface area contributed by atoms with E-state index in [2.05, 4.69) is 6.07 Å². The highest BCUT2D eigenvalue weighted by Crippen LogP contribution is 2.33. The predicted molar refractivity (Wildman–Crippen MR) is 83.0 cm³/mol. The third-order valence-electron chi connectivity index (χ3n) is 3.44. The summed E-state index contributed by atoms with van der Waals surface area (Å²) in [6.45, 7) is 0. The second-order valence-electron chi connectivity index (χ2n) is 4.70. The Morgan fingerprint density at radius 2 is 1.91 bits per heavy atom. The fourth-order valence-corrected chi connectivity index (χ4v) is 2.48. The van der Waals surface area contributed by atoms with Gasteiger partial charge in [-0.05, 0) is 36.2 Å². The Hall–Kier alpha value is -2.25. The first kappa shape index (κ1) is 16.1. The van der Waals surface area contributed by atoms with Crippen LogP contribution in [0, 0.1) is 17.1 Å². The van der Waals surface area contributed by atoms with Crippen molar-refractivity contribution in [3.8, 4) is 17.6 Å². The lowest BCUT2D eigenvalue weighted by molar-refractivity contribution is 0.354. The highest BCUT2D eigenvalue weighted by molar-refractivity contribution is 6.31. The molecule has 0 aliphatic rings. The maximum absolute atomic E-state index is 13.9. The number of rotatable bonds is 5. The van der Waals surface area contributed by atoms with Crippen molar-refractivity contribution in [2.24, 2.45) is 0 Å². The molecule has 0 saturated heterocycles. The Morgan fingerprint density at radius 3 is 2.50 bits per heavy atom. The molecule has 1 unspecified atom stereocenters. The second-order valence-corrected chi connectivity index (χ2v) is 5.11. The summed E-state index contributed by atoms with van der Waals surface area (Å²) in [7, 11) is 3.06. The minimum Gasteiger partial charge on any atom is -0.493 e. The number of methoxy groups -OCH3 is 2. The number of ether oxygens (including phenoxy) is 2. The Bertz CT molecular complexity index is 692. The first-order valence-electron chi connectivity index (χ1n) is 6.65. The van der Waals surface area contributed by atoms with Gasteiger partial charge in [0.05, 0.1) is 26.2 Å². The normalized spacial score (nSPS) is 11.6. The summed E-state index contributed by atoms with van der Waals surface area (Å²) in [4.78, 5) is 0. The summed E-state index contributed by atoms with van der Waals surface area (Å²) < 4.78 is 24.3. The van der Waals surface area contributed by atoms with Gasteiger partial charge in [0.1, 0.15) is 5.82 Å². The van der Waals surface area contributed by atoms with Crippen molar-refractivity contribution in [2.45, 2.75) is 12.3 Å². The standard InChI is InChI=1S/C17H15ClFNO2/c1-21-16-7-6-11(9-17(16)22-2)12(10-20)8-13-14(18)4-3-5-15(13)19/h3-7,9,12H,8H2,1-2H3. The molecule has 0 radical (unpaired) electrons. The number of benzene rings is 2. The lowest BCUT2D eigenvalue weighted by atomic mass is 9.92. The third kappa shape index (κ3) is 3.32. The SMILES string of the molecule is COc1ccc(C(C#N)Cc2c(F)cccc2Cl)cc1OC. The molecule has 0 N–H and O–H groups in total. The van der Waals surface area contributed by atoms with E-state index in [0.29, 0.717) is 22.1 Å². The van der Waals surface area contributed by atoms with Crippen LogP contribution in [0.15, 0.2) is 36.4 Å². The summed E-state index contributed by atoms with van der Waals surface area (Å²) in [5.41, 5.74) is 1.06. The smallest absolute Gasteiger partial charge is 0.161 e. The lowest BCUT2D eigenvalue weighted by Gasteiger charge is -2.14. The van der Waals surface area contributed by atoms with Crippen molar-refractivity contribution in [1.82, 2.24) is 0 Å². The fourth-order valence-electron chi connectivity index (χ4n) is 2.24. The molecular formula is C17H15ClFNO2. The zero-order chi connectivity index (χ0) is 16.1. The highest BCUT2D eigenvalue weighted by atomic mass is 35.5. The van der Waals surface area contributed by atoms with Gasteiger partial charge < -0.3 is 9.47 Å². The van der Waals surface area contributed by atoms with Gasteiger partial charge in [0.15, 0.2) is 11.5 Å². The molecule has 1 atom stereocenters. The Labute approximate surface area is 133 Å². The maximum Gasteiger partial charge on any atom is 0.161 e. The van der Waals surface area contributed by atoms with E-state index >= 15 is 0 Å². The molecule has 0 heterocycles. The monoisotopic (exact) mass is 319 g/mol. The summed E-state index contributed by atoms with van der Waals surface area (Å²) in [6.07, 6.45) is 0.192. The summed E-state index contributed by atoms with van der Waals surface area (Å²) in [5, 5.41) is 9.75. The minimum absolute atomic E-state index is 0.192. The van der Waals surface area contributed by atoms with Crippen LogP contribution in [0.25, 0.3) is 0 Å². The summed E-state index contributed by atoms with van der Waals surface area (Å²) in [5.74, 6) is 0.161. The van der Waals surface area contributed by atoms with Crippen LogP contribution in [0.4, 0.5) is 4.39 Å². The van der Waals surface area contributed by atoms with E-state index in [1.807, 2.05) is 0 Å². The van der Waals surface area contributed by atoms with E-state index in [1.54, 1.807) is 37.4 Å². The van der Waals surface area contributed by atoms with Crippen molar-refractivity contribution in [3.05, 3.63) is 58.4 Å². The topological polar surface area (TPSA) is 42.2 Å². The molecule has 0 bridgehead atoms. The Morgan fingerprint density at radius 1 is 1.18 bits per heavy atom. The van der Waals surface area contributed by atoms with Gasteiger partial charge in [0, 0.05) is 10.6 Å². The van der Waals surface area contributed by atoms with Gasteiger partial charge in [-0.3, -0.25) is 0 Å². The number of hydrogen-bond donors (Lipinski definition) is 0. The van der Waals surface area contributed by atoms with Crippen LogP contribution in [-0.4, -0.2) is 14.2 Å². The van der Waals surface area contributed by atoms with Crippen molar-refractivity contribution in [2.75, 3.05) is 14.2 Å². The average molecular weight is 320 g/mol. The molecule has 2 aromatic carbocycles. The van der Waals surface area contributed by atoms with Crippen LogP contribution in [0.2, 0.25) is 5.02 Å². The number of nitriles is 1. The van der Waals surface area contributed by atoms with Gasteiger partial charge >= 0.3 is 0 Å². The van der Waals surface area contributed by atoms with Crippen molar-refractivity contribution in [3.63, 3.8) is 0 Å². The summed E-state index contributed by atoms with van der Waals surface area (Å²) >= 11 is 6.03. The largest absolute Gasteiger partial charge is 0.493 e. The van der Waals surface area contributed by atoms with Crippen LogP contribution >= 0.6 is 11.6 Å². The van der Waals surface area contributed by atoms with Crippen molar-refractivity contribution >= 4 is 11.6 Å².